The van der Waals surface area contributed by atoms with Gasteiger partial charge in [0.25, 0.3) is 23.6 Å². The number of carbonyl (C=O) groups excluding carboxylic acids is 4. The number of hydrogen-bond donors (Lipinski definition) is 0. The molecule has 0 radical (unpaired) electrons. The third-order valence-electron chi connectivity index (χ3n) is 10.7. The van der Waals surface area contributed by atoms with Gasteiger partial charge < -0.3 is 0 Å². The standard InChI is InChI=1S/C40H42F2N2O4/c1-3-5-7-9-11-13-19-43-37(45)25-17-15-23-31-24(16-18-26(32(25)31)38(43)46)35-30(42)22-28-33-27(21-29(41)34(23)36(33)35)39(47)44(40(28)48)20-14-12-10-8-6-4-2/h15,17,21-22H,3-14,16,18-20H2,1-2H3. The van der Waals surface area contributed by atoms with Crippen molar-refractivity contribution in [1.29, 1.82) is 0 Å². The largest absolute Gasteiger partial charge is 0.275 e. The Labute approximate surface area is 279 Å². The molecule has 4 aromatic rings. The predicted octanol–water partition coefficient (Wildman–Crippen LogP) is 8.54. The first kappa shape index (κ1) is 32.4. The molecule has 0 fully saturated rings. The number of carbonyl (C=O) groups is 4. The monoisotopic (exact) mass is 652 g/mol. The number of amides is 4. The zero-order valence-corrected chi connectivity index (χ0v) is 27.9. The van der Waals surface area contributed by atoms with Gasteiger partial charge in [-0.15, -0.1) is 0 Å². The number of hydrogen-bond acceptors (Lipinski definition) is 4. The van der Waals surface area contributed by atoms with Crippen molar-refractivity contribution in [1.82, 2.24) is 9.80 Å². The van der Waals surface area contributed by atoms with Gasteiger partial charge in [-0.1, -0.05) is 84.1 Å². The summed E-state index contributed by atoms with van der Waals surface area (Å²) in [6.07, 6.45) is 12.6. The summed E-state index contributed by atoms with van der Waals surface area (Å²) in [6.45, 7) is 4.83. The van der Waals surface area contributed by atoms with Crippen LogP contribution < -0.4 is 5.22 Å². The highest BCUT2D eigenvalue weighted by molar-refractivity contribution is 6.35. The van der Waals surface area contributed by atoms with Gasteiger partial charge in [-0.05, 0) is 60.2 Å². The maximum absolute atomic E-state index is 16.4. The minimum Gasteiger partial charge on any atom is -0.275 e. The number of fused-ring (bicyclic) bond motifs is 2. The van der Waals surface area contributed by atoms with E-state index in [-0.39, 0.29) is 51.0 Å². The van der Waals surface area contributed by atoms with Crippen LogP contribution in [0.4, 0.5) is 8.78 Å². The molecule has 0 saturated carbocycles. The Balaban J connectivity index is 1.33. The fourth-order valence-corrected chi connectivity index (χ4v) is 8.34. The normalized spacial score (nSPS) is 15.7. The third-order valence-corrected chi connectivity index (χ3v) is 10.7. The number of rotatable bonds is 14. The SMILES string of the molecule is CCCCCCCCN1C(=O)C2=c3c(ccc4c3c(c3c(F)cc5c6c(cc(F)c4c63)C(=O)N(CCCCCCCC)C5=O)CC2)C1=O. The molecule has 0 bridgehead atoms. The second kappa shape index (κ2) is 13.0. The Morgan fingerprint density at radius 1 is 0.542 bits per heavy atom. The third kappa shape index (κ3) is 5.01. The number of benzene rings is 4. The van der Waals surface area contributed by atoms with Crippen LogP contribution >= 0.6 is 0 Å². The van der Waals surface area contributed by atoms with E-state index < -0.39 is 23.4 Å². The lowest BCUT2D eigenvalue weighted by Crippen LogP contribution is -2.47. The van der Waals surface area contributed by atoms with Gasteiger partial charge in [0.05, 0.1) is 11.1 Å². The van der Waals surface area contributed by atoms with Crippen molar-refractivity contribution in [3.05, 3.63) is 63.4 Å². The molecule has 8 heteroatoms. The maximum Gasteiger partial charge on any atom is 0.261 e. The van der Waals surface area contributed by atoms with E-state index in [1.807, 2.05) is 0 Å². The van der Waals surface area contributed by atoms with Crippen LogP contribution in [0.3, 0.4) is 0 Å². The summed E-state index contributed by atoms with van der Waals surface area (Å²) in [4.78, 5) is 57.5. The lowest BCUT2D eigenvalue weighted by molar-refractivity contribution is -0.123. The van der Waals surface area contributed by atoms with Crippen molar-refractivity contribution in [2.45, 2.75) is 104 Å². The van der Waals surface area contributed by atoms with Crippen molar-refractivity contribution < 1.29 is 28.0 Å². The van der Waals surface area contributed by atoms with Crippen LogP contribution in [0.25, 0.3) is 37.9 Å². The quantitative estimate of drug-likeness (QED) is 0.0592. The van der Waals surface area contributed by atoms with Crippen molar-refractivity contribution in [2.24, 2.45) is 0 Å². The molecule has 4 aromatic carbocycles. The van der Waals surface area contributed by atoms with E-state index >= 15 is 8.78 Å². The van der Waals surface area contributed by atoms with Gasteiger partial charge in [0.15, 0.2) is 0 Å². The van der Waals surface area contributed by atoms with E-state index in [0.717, 1.165) is 69.1 Å². The fraction of sp³-hybridized carbons (Fsp3) is 0.450. The molecule has 6 nitrogen and oxygen atoms in total. The first-order valence-electron chi connectivity index (χ1n) is 17.9. The van der Waals surface area contributed by atoms with E-state index in [0.29, 0.717) is 58.5 Å². The van der Waals surface area contributed by atoms with Crippen LogP contribution in [-0.4, -0.2) is 46.5 Å². The Hall–Kier alpha value is -4.20. The summed E-state index contributed by atoms with van der Waals surface area (Å²) in [5.41, 5.74) is 1.58. The number of nitrogens with zero attached hydrogens (tertiary/aromatic N) is 2. The number of unbranched alkanes of at least 4 members (excludes halogenated alkanes) is 10. The van der Waals surface area contributed by atoms with E-state index in [1.54, 1.807) is 12.1 Å². The molecule has 0 aromatic heterocycles. The average molecular weight is 653 g/mol. The summed E-state index contributed by atoms with van der Waals surface area (Å²) in [5.74, 6) is -3.20. The molecule has 7 rings (SSSR count). The molecule has 2 heterocycles. The van der Waals surface area contributed by atoms with Crippen molar-refractivity contribution in [3.63, 3.8) is 0 Å². The Bertz CT molecular complexity index is 2060. The molecule has 48 heavy (non-hydrogen) atoms. The second-order valence-corrected chi connectivity index (χ2v) is 13.7. The summed E-state index contributed by atoms with van der Waals surface area (Å²) in [7, 11) is 0. The maximum atomic E-state index is 16.4. The minimum absolute atomic E-state index is 0.0637. The Morgan fingerprint density at radius 3 is 1.67 bits per heavy atom. The molecule has 3 aliphatic rings. The van der Waals surface area contributed by atoms with Gasteiger partial charge in [-0.3, -0.25) is 29.0 Å². The molecule has 0 N–H and O–H groups in total. The van der Waals surface area contributed by atoms with Gasteiger partial charge in [0.1, 0.15) is 11.6 Å². The van der Waals surface area contributed by atoms with Crippen LogP contribution in [0.15, 0.2) is 24.3 Å². The van der Waals surface area contributed by atoms with Crippen molar-refractivity contribution in [2.75, 3.05) is 13.1 Å². The van der Waals surface area contributed by atoms with Gasteiger partial charge in [0, 0.05) is 51.0 Å². The van der Waals surface area contributed by atoms with Crippen LogP contribution in [0.1, 0.15) is 134 Å². The smallest absolute Gasteiger partial charge is 0.261 e. The van der Waals surface area contributed by atoms with Gasteiger partial charge in [-0.25, -0.2) is 8.78 Å². The Morgan fingerprint density at radius 2 is 1.06 bits per heavy atom. The number of imide groups is 2. The van der Waals surface area contributed by atoms with Gasteiger partial charge >= 0.3 is 0 Å². The highest BCUT2D eigenvalue weighted by atomic mass is 19.1. The summed E-state index contributed by atoms with van der Waals surface area (Å²) in [6, 6.07) is 5.69. The number of halogens is 2. The van der Waals surface area contributed by atoms with Crippen LogP contribution in [0.2, 0.25) is 0 Å². The summed E-state index contributed by atoms with van der Waals surface area (Å²) < 4.78 is 32.8. The van der Waals surface area contributed by atoms with Crippen LogP contribution in [0, 0.1) is 11.6 Å². The fourth-order valence-electron chi connectivity index (χ4n) is 8.34. The zero-order chi connectivity index (χ0) is 33.7. The Kier molecular flexibility index (Phi) is 8.77. The highest BCUT2D eigenvalue weighted by Gasteiger charge is 2.39. The summed E-state index contributed by atoms with van der Waals surface area (Å²) in [5, 5.41) is 2.20. The molecule has 0 atom stereocenters. The molecular formula is C40H42F2N2O4. The predicted molar refractivity (Wildman–Crippen MR) is 184 cm³/mol. The average Bonchev–Trinajstić information content (AvgIpc) is 3.08. The second-order valence-electron chi connectivity index (χ2n) is 13.7. The van der Waals surface area contributed by atoms with E-state index in [1.165, 1.54) is 23.5 Å². The molecule has 0 saturated heterocycles. The molecule has 2 aliphatic heterocycles. The molecular weight excluding hydrogens is 610 g/mol. The molecule has 4 amide bonds. The van der Waals surface area contributed by atoms with Crippen molar-refractivity contribution >= 4 is 61.5 Å². The van der Waals surface area contributed by atoms with Crippen LogP contribution in [0.5, 0.6) is 0 Å². The van der Waals surface area contributed by atoms with E-state index in [9.17, 15) is 19.2 Å². The molecule has 0 spiro atoms. The van der Waals surface area contributed by atoms with Crippen LogP contribution in [-0.2, 0) is 11.2 Å². The zero-order valence-electron chi connectivity index (χ0n) is 27.9. The lowest BCUT2D eigenvalue weighted by Gasteiger charge is -2.32. The first-order chi connectivity index (χ1) is 23.3. The first-order valence-corrected chi connectivity index (χ1v) is 17.9. The summed E-state index contributed by atoms with van der Waals surface area (Å²) >= 11 is 0. The van der Waals surface area contributed by atoms with Gasteiger partial charge in [0.2, 0.25) is 0 Å². The molecule has 0 unspecified atom stereocenters. The minimum atomic E-state index is -0.696. The van der Waals surface area contributed by atoms with E-state index in [4.69, 9.17) is 0 Å². The number of aryl methyl sites for hydroxylation is 1. The molecule has 1 aliphatic carbocycles. The van der Waals surface area contributed by atoms with E-state index in [2.05, 4.69) is 13.8 Å². The van der Waals surface area contributed by atoms with Gasteiger partial charge in [-0.2, -0.15) is 0 Å². The highest BCUT2D eigenvalue weighted by Crippen LogP contribution is 2.45. The van der Waals surface area contributed by atoms with Crippen molar-refractivity contribution in [3.8, 4) is 0 Å². The lowest BCUT2D eigenvalue weighted by atomic mass is 9.78. The topological polar surface area (TPSA) is 74.8 Å². The molecule has 250 valence electrons.